The van der Waals surface area contributed by atoms with E-state index in [9.17, 15) is 14.4 Å². The van der Waals surface area contributed by atoms with Crippen molar-refractivity contribution >= 4 is 29.5 Å². The zero-order valence-corrected chi connectivity index (χ0v) is 19.5. The Morgan fingerprint density at radius 2 is 1.84 bits per heavy atom. The van der Waals surface area contributed by atoms with Crippen LogP contribution in [0.1, 0.15) is 52.0 Å². The molecule has 7 nitrogen and oxygen atoms in total. The van der Waals surface area contributed by atoms with Gasteiger partial charge in [0.15, 0.2) is 0 Å². The minimum Gasteiger partial charge on any atom is -0.444 e. The number of halogens is 1. The lowest BCUT2D eigenvalue weighted by Gasteiger charge is -2.32. The largest absolute Gasteiger partial charge is 0.444 e. The Morgan fingerprint density at radius 1 is 1.13 bits per heavy atom. The number of benzene rings is 1. The Bertz CT molecular complexity index is 755. The van der Waals surface area contributed by atoms with Crippen LogP contribution in [-0.2, 0) is 20.7 Å². The van der Waals surface area contributed by atoms with Crippen molar-refractivity contribution in [3.05, 3.63) is 34.9 Å². The fourth-order valence-electron chi connectivity index (χ4n) is 3.43. The van der Waals surface area contributed by atoms with Crippen molar-refractivity contribution in [2.75, 3.05) is 26.2 Å². The van der Waals surface area contributed by atoms with Gasteiger partial charge in [-0.1, -0.05) is 23.7 Å². The fraction of sp³-hybridized carbons (Fsp3) is 0.609. The molecule has 172 valence electrons. The second-order valence-corrected chi connectivity index (χ2v) is 9.37. The quantitative estimate of drug-likeness (QED) is 0.632. The summed E-state index contributed by atoms with van der Waals surface area (Å²) in [6.45, 7) is 7.63. The molecule has 0 atom stereocenters. The molecule has 1 aliphatic rings. The first-order valence-corrected chi connectivity index (χ1v) is 11.3. The summed E-state index contributed by atoms with van der Waals surface area (Å²) in [4.78, 5) is 37.9. The molecular formula is C23H34ClN3O4. The van der Waals surface area contributed by atoms with Gasteiger partial charge in [0.1, 0.15) is 5.60 Å². The van der Waals surface area contributed by atoms with Crippen LogP contribution in [0.4, 0.5) is 4.79 Å². The van der Waals surface area contributed by atoms with E-state index in [-0.39, 0.29) is 24.8 Å². The number of carbonyl (C=O) groups is 3. The van der Waals surface area contributed by atoms with E-state index < -0.39 is 11.7 Å². The molecule has 2 N–H and O–H groups in total. The third-order valence-corrected chi connectivity index (χ3v) is 5.33. The summed E-state index contributed by atoms with van der Waals surface area (Å²) in [7, 11) is 0. The van der Waals surface area contributed by atoms with Gasteiger partial charge in [-0.05, 0) is 63.6 Å². The lowest BCUT2D eigenvalue weighted by atomic mass is 9.96. The average molecular weight is 452 g/mol. The summed E-state index contributed by atoms with van der Waals surface area (Å²) in [6, 6.07) is 7.60. The normalized spacial score (nSPS) is 14.8. The van der Waals surface area contributed by atoms with Crippen LogP contribution in [0.5, 0.6) is 0 Å². The molecule has 1 aromatic carbocycles. The Labute approximate surface area is 189 Å². The smallest absolute Gasteiger partial charge is 0.407 e. The summed E-state index contributed by atoms with van der Waals surface area (Å²) >= 11 is 5.99. The summed E-state index contributed by atoms with van der Waals surface area (Å²) in [5, 5.41) is 6.19. The van der Waals surface area contributed by atoms with Crippen LogP contribution < -0.4 is 10.6 Å². The van der Waals surface area contributed by atoms with Crippen molar-refractivity contribution in [2.24, 2.45) is 5.92 Å². The highest BCUT2D eigenvalue weighted by Crippen LogP contribution is 2.18. The van der Waals surface area contributed by atoms with Crippen molar-refractivity contribution < 1.29 is 19.1 Å². The van der Waals surface area contributed by atoms with Crippen LogP contribution in [0.3, 0.4) is 0 Å². The van der Waals surface area contributed by atoms with Gasteiger partial charge < -0.3 is 20.3 Å². The highest BCUT2D eigenvalue weighted by Gasteiger charge is 2.23. The predicted octanol–water partition coefficient (Wildman–Crippen LogP) is 3.54. The predicted molar refractivity (Wildman–Crippen MR) is 121 cm³/mol. The number of rotatable bonds is 8. The maximum absolute atomic E-state index is 12.5. The Kier molecular flexibility index (Phi) is 9.62. The molecule has 1 heterocycles. The molecule has 8 heteroatoms. The second-order valence-electron chi connectivity index (χ2n) is 8.94. The molecule has 3 amide bonds. The van der Waals surface area contributed by atoms with Gasteiger partial charge in [-0.3, -0.25) is 9.59 Å². The summed E-state index contributed by atoms with van der Waals surface area (Å²) in [6.07, 6.45) is 2.60. The molecule has 0 aromatic heterocycles. The number of ether oxygens (including phenoxy) is 1. The number of nitrogens with zero attached hydrogens (tertiary/aromatic N) is 1. The van der Waals surface area contributed by atoms with Crippen molar-refractivity contribution in [3.8, 4) is 0 Å². The fourth-order valence-corrected chi connectivity index (χ4v) is 3.64. The van der Waals surface area contributed by atoms with E-state index in [4.69, 9.17) is 16.3 Å². The van der Waals surface area contributed by atoms with Crippen LogP contribution in [-0.4, -0.2) is 54.6 Å². The molecule has 31 heavy (non-hydrogen) atoms. The summed E-state index contributed by atoms with van der Waals surface area (Å²) in [5.74, 6) is 0.423. The van der Waals surface area contributed by atoms with Gasteiger partial charge in [-0.25, -0.2) is 4.79 Å². The number of hydrogen-bond donors (Lipinski definition) is 2. The maximum Gasteiger partial charge on any atom is 0.407 e. The summed E-state index contributed by atoms with van der Waals surface area (Å²) in [5.41, 5.74) is 0.511. The number of alkyl carbamates (subject to hydrolysis) is 1. The van der Waals surface area contributed by atoms with Gasteiger partial charge in [0, 0.05) is 44.0 Å². The highest BCUT2D eigenvalue weighted by molar-refractivity contribution is 6.30. The first-order chi connectivity index (χ1) is 14.6. The van der Waals surface area contributed by atoms with E-state index in [1.807, 2.05) is 29.2 Å². The van der Waals surface area contributed by atoms with Gasteiger partial charge in [-0.2, -0.15) is 0 Å². The van der Waals surface area contributed by atoms with E-state index >= 15 is 0 Å². The van der Waals surface area contributed by atoms with Crippen molar-refractivity contribution in [3.63, 3.8) is 0 Å². The second kappa shape index (κ2) is 11.9. The van der Waals surface area contributed by atoms with Gasteiger partial charge in [-0.15, -0.1) is 0 Å². The molecular weight excluding hydrogens is 418 g/mol. The molecule has 1 fully saturated rings. The van der Waals surface area contributed by atoms with Gasteiger partial charge in [0.2, 0.25) is 11.8 Å². The minimum atomic E-state index is -0.558. The number of nitrogens with one attached hydrogen (secondary N) is 2. The Hall–Kier alpha value is -2.28. The maximum atomic E-state index is 12.5. The third kappa shape index (κ3) is 10.0. The summed E-state index contributed by atoms with van der Waals surface area (Å²) < 4.78 is 5.13. The lowest BCUT2D eigenvalue weighted by molar-refractivity contribution is -0.132. The van der Waals surface area contributed by atoms with Crippen LogP contribution in [0.25, 0.3) is 0 Å². The molecule has 0 saturated carbocycles. The van der Waals surface area contributed by atoms with Crippen molar-refractivity contribution in [2.45, 2.75) is 58.5 Å². The van der Waals surface area contributed by atoms with E-state index in [1.54, 1.807) is 20.8 Å². The van der Waals surface area contributed by atoms with Crippen LogP contribution in [0, 0.1) is 5.92 Å². The van der Waals surface area contributed by atoms with Crippen molar-refractivity contribution in [1.29, 1.82) is 0 Å². The molecule has 2 rings (SSSR count). The molecule has 1 aromatic rings. The molecule has 0 aliphatic carbocycles. The Balaban J connectivity index is 1.58. The molecule has 0 unspecified atom stereocenters. The van der Waals surface area contributed by atoms with E-state index in [1.165, 1.54) is 0 Å². The number of aryl methyl sites for hydroxylation is 1. The van der Waals surface area contributed by atoms with Crippen LogP contribution in [0.15, 0.2) is 24.3 Å². The SMILES string of the molecule is CC(C)(C)OC(=O)NCCC(=O)NCC1CCN(C(=O)CCc2cccc(Cl)c2)CC1. The number of hydrogen-bond acceptors (Lipinski definition) is 4. The van der Waals surface area contributed by atoms with Crippen LogP contribution in [0.2, 0.25) is 5.02 Å². The highest BCUT2D eigenvalue weighted by atomic mass is 35.5. The number of likely N-dealkylation sites (tertiary alicyclic amines) is 1. The Morgan fingerprint density at radius 3 is 2.48 bits per heavy atom. The zero-order chi connectivity index (χ0) is 22.9. The third-order valence-electron chi connectivity index (χ3n) is 5.09. The van der Waals surface area contributed by atoms with Crippen molar-refractivity contribution in [1.82, 2.24) is 15.5 Å². The molecule has 0 spiro atoms. The number of piperidine rings is 1. The monoisotopic (exact) mass is 451 g/mol. The van der Waals surface area contributed by atoms with Crippen LogP contribution >= 0.6 is 11.6 Å². The van der Waals surface area contributed by atoms with E-state index in [0.717, 1.165) is 31.5 Å². The molecule has 1 saturated heterocycles. The van der Waals surface area contributed by atoms with E-state index in [0.29, 0.717) is 30.3 Å². The molecule has 0 bridgehead atoms. The number of carbonyl (C=O) groups excluding carboxylic acids is 3. The van der Waals surface area contributed by atoms with Gasteiger partial charge in [0.25, 0.3) is 0 Å². The standard InChI is InChI=1S/C23H34ClN3O4/c1-23(2,3)31-22(30)25-12-9-20(28)26-16-18-10-13-27(14-11-18)21(29)8-7-17-5-4-6-19(24)15-17/h4-6,15,18H,7-14,16H2,1-3H3,(H,25,30)(H,26,28). The number of amides is 3. The molecule has 0 radical (unpaired) electrons. The first-order valence-electron chi connectivity index (χ1n) is 10.9. The van der Waals surface area contributed by atoms with Gasteiger partial charge in [0.05, 0.1) is 0 Å². The lowest BCUT2D eigenvalue weighted by Crippen LogP contribution is -2.42. The topological polar surface area (TPSA) is 87.7 Å². The average Bonchev–Trinajstić information content (AvgIpc) is 2.69. The zero-order valence-electron chi connectivity index (χ0n) is 18.7. The minimum absolute atomic E-state index is 0.101. The van der Waals surface area contributed by atoms with Gasteiger partial charge >= 0.3 is 6.09 Å². The first kappa shape index (κ1) is 25.0. The van der Waals surface area contributed by atoms with E-state index in [2.05, 4.69) is 10.6 Å². The molecule has 1 aliphatic heterocycles.